The molecule has 0 fully saturated rings. The largest absolute Gasteiger partial charge is 0.402 e. The van der Waals surface area contributed by atoms with E-state index in [9.17, 15) is 26.4 Å². The molecule has 0 aromatic heterocycles. The third-order valence-electron chi connectivity index (χ3n) is 2.92. The van der Waals surface area contributed by atoms with E-state index >= 15 is 0 Å². The van der Waals surface area contributed by atoms with E-state index in [1.165, 1.54) is 16.9 Å². The van der Waals surface area contributed by atoms with Crippen LogP contribution < -0.4 is 10.0 Å². The number of carbonyl (C=O) groups is 1. The van der Waals surface area contributed by atoms with Gasteiger partial charge in [0.05, 0.1) is 4.90 Å². The first kappa shape index (κ1) is 18.0. The zero-order chi connectivity index (χ0) is 17.8. The van der Waals surface area contributed by atoms with Gasteiger partial charge in [-0.2, -0.15) is 13.2 Å². The first-order valence-electron chi connectivity index (χ1n) is 6.70. The molecule has 2 rings (SSSR count). The lowest BCUT2D eigenvalue weighted by Gasteiger charge is -2.10. The molecule has 128 valence electrons. The highest BCUT2D eigenvalue weighted by molar-refractivity contribution is 7.89. The van der Waals surface area contributed by atoms with E-state index in [2.05, 4.69) is 5.32 Å². The van der Waals surface area contributed by atoms with Crippen LogP contribution in [0.4, 0.5) is 18.9 Å². The standard InChI is InChI=1S/C15H13F3N2O3S/c16-15(17,18)10-19-24(22,23)13-8-6-12(7-9-13)20-14(21)11-4-2-1-3-5-11/h1-9,19H,10H2,(H,20,21). The average Bonchev–Trinajstić information content (AvgIpc) is 2.54. The van der Waals surface area contributed by atoms with Crippen LogP contribution in [-0.4, -0.2) is 27.0 Å². The molecule has 24 heavy (non-hydrogen) atoms. The summed E-state index contributed by atoms with van der Waals surface area (Å²) in [7, 11) is -4.27. The van der Waals surface area contributed by atoms with Crippen LogP contribution in [-0.2, 0) is 10.0 Å². The first-order valence-corrected chi connectivity index (χ1v) is 8.18. The molecule has 0 saturated heterocycles. The summed E-state index contributed by atoms with van der Waals surface area (Å²) in [4.78, 5) is 11.6. The molecular formula is C15H13F3N2O3S. The predicted molar refractivity (Wildman–Crippen MR) is 82.1 cm³/mol. The van der Waals surface area contributed by atoms with Crippen molar-refractivity contribution in [3.63, 3.8) is 0 Å². The summed E-state index contributed by atoms with van der Waals surface area (Å²) in [6.07, 6.45) is -4.64. The SMILES string of the molecule is O=C(Nc1ccc(S(=O)(=O)NCC(F)(F)F)cc1)c1ccccc1. The molecule has 1 amide bonds. The molecule has 0 spiro atoms. The number of rotatable bonds is 5. The van der Waals surface area contributed by atoms with Gasteiger partial charge in [-0.25, -0.2) is 13.1 Å². The summed E-state index contributed by atoms with van der Waals surface area (Å²) in [5.41, 5.74) is 0.736. The lowest BCUT2D eigenvalue weighted by Crippen LogP contribution is -2.33. The van der Waals surface area contributed by atoms with Crippen molar-refractivity contribution in [2.24, 2.45) is 0 Å². The number of anilines is 1. The lowest BCUT2D eigenvalue weighted by molar-refractivity contribution is -0.121. The van der Waals surface area contributed by atoms with Crippen LogP contribution in [0.5, 0.6) is 0 Å². The van der Waals surface area contributed by atoms with Crippen molar-refractivity contribution in [1.82, 2.24) is 4.72 Å². The molecule has 0 radical (unpaired) electrons. The summed E-state index contributed by atoms with van der Waals surface area (Å²) in [6, 6.07) is 13.2. The van der Waals surface area contributed by atoms with Gasteiger partial charge in [0.1, 0.15) is 6.54 Å². The topological polar surface area (TPSA) is 75.3 Å². The fourth-order valence-electron chi connectivity index (χ4n) is 1.77. The summed E-state index contributed by atoms with van der Waals surface area (Å²) in [5.74, 6) is -0.388. The number of alkyl halides is 3. The van der Waals surface area contributed by atoms with Gasteiger partial charge in [-0.1, -0.05) is 18.2 Å². The molecule has 0 aliphatic carbocycles. The van der Waals surface area contributed by atoms with Crippen molar-refractivity contribution in [2.75, 3.05) is 11.9 Å². The quantitative estimate of drug-likeness (QED) is 0.863. The molecule has 2 aromatic rings. The Morgan fingerprint density at radius 2 is 1.54 bits per heavy atom. The number of nitrogens with one attached hydrogen (secondary N) is 2. The van der Waals surface area contributed by atoms with E-state index in [-0.39, 0.29) is 10.8 Å². The number of hydrogen-bond donors (Lipinski definition) is 2. The lowest BCUT2D eigenvalue weighted by atomic mass is 10.2. The highest BCUT2D eigenvalue weighted by Crippen LogP contribution is 2.17. The highest BCUT2D eigenvalue weighted by Gasteiger charge is 2.30. The Morgan fingerprint density at radius 1 is 0.958 bits per heavy atom. The smallest absolute Gasteiger partial charge is 0.322 e. The van der Waals surface area contributed by atoms with Crippen molar-refractivity contribution >= 4 is 21.6 Å². The first-order chi connectivity index (χ1) is 11.2. The Bertz CT molecular complexity index is 804. The van der Waals surface area contributed by atoms with Crippen LogP contribution >= 0.6 is 0 Å². The van der Waals surface area contributed by atoms with E-state index in [4.69, 9.17) is 0 Å². The summed E-state index contributed by atoms with van der Waals surface area (Å²) in [6.45, 7) is -1.65. The van der Waals surface area contributed by atoms with E-state index < -0.39 is 22.7 Å². The molecule has 5 nitrogen and oxygen atoms in total. The third-order valence-corrected chi connectivity index (χ3v) is 4.34. The van der Waals surface area contributed by atoms with Crippen molar-refractivity contribution < 1.29 is 26.4 Å². The fraction of sp³-hybridized carbons (Fsp3) is 0.133. The molecule has 0 aliphatic heterocycles. The van der Waals surface area contributed by atoms with Gasteiger partial charge in [0.15, 0.2) is 0 Å². The van der Waals surface area contributed by atoms with Crippen molar-refractivity contribution in [3.8, 4) is 0 Å². The molecule has 0 bridgehead atoms. The van der Waals surface area contributed by atoms with Gasteiger partial charge < -0.3 is 5.32 Å². The van der Waals surface area contributed by atoms with Crippen LogP contribution in [0, 0.1) is 0 Å². The Morgan fingerprint density at radius 3 is 2.08 bits per heavy atom. The molecule has 0 unspecified atom stereocenters. The Labute approximate surface area is 136 Å². The highest BCUT2D eigenvalue weighted by atomic mass is 32.2. The molecule has 0 heterocycles. The van der Waals surface area contributed by atoms with Crippen LogP contribution in [0.2, 0.25) is 0 Å². The molecule has 0 atom stereocenters. The summed E-state index contributed by atoms with van der Waals surface area (Å²) in [5, 5.41) is 2.56. The van der Waals surface area contributed by atoms with Gasteiger partial charge in [-0.15, -0.1) is 0 Å². The predicted octanol–water partition coefficient (Wildman–Crippen LogP) is 2.78. The number of carbonyl (C=O) groups excluding carboxylic acids is 1. The minimum Gasteiger partial charge on any atom is -0.322 e. The van der Waals surface area contributed by atoms with Crippen molar-refractivity contribution in [1.29, 1.82) is 0 Å². The molecule has 2 N–H and O–H groups in total. The Balaban J connectivity index is 2.06. The second kappa shape index (κ2) is 7.02. The zero-order valence-electron chi connectivity index (χ0n) is 12.2. The molecule has 0 aliphatic rings. The summed E-state index contributed by atoms with van der Waals surface area (Å²) < 4.78 is 61.2. The van der Waals surface area contributed by atoms with Gasteiger partial charge in [0.25, 0.3) is 5.91 Å². The van der Waals surface area contributed by atoms with Crippen LogP contribution in [0.3, 0.4) is 0 Å². The summed E-state index contributed by atoms with van der Waals surface area (Å²) >= 11 is 0. The number of benzene rings is 2. The van der Waals surface area contributed by atoms with Crippen LogP contribution in [0.15, 0.2) is 59.5 Å². The fourth-order valence-corrected chi connectivity index (χ4v) is 2.79. The molecule has 9 heteroatoms. The van der Waals surface area contributed by atoms with E-state index in [0.29, 0.717) is 11.3 Å². The van der Waals surface area contributed by atoms with Gasteiger partial charge in [-0.3, -0.25) is 4.79 Å². The Hall–Kier alpha value is -2.39. The van der Waals surface area contributed by atoms with E-state index in [1.807, 2.05) is 0 Å². The van der Waals surface area contributed by atoms with Crippen molar-refractivity contribution in [2.45, 2.75) is 11.1 Å². The third kappa shape index (κ3) is 5.07. The van der Waals surface area contributed by atoms with E-state index in [0.717, 1.165) is 12.1 Å². The van der Waals surface area contributed by atoms with Gasteiger partial charge in [0.2, 0.25) is 10.0 Å². The number of amides is 1. The van der Waals surface area contributed by atoms with Crippen molar-refractivity contribution in [3.05, 3.63) is 60.2 Å². The maximum atomic E-state index is 12.1. The van der Waals surface area contributed by atoms with Gasteiger partial charge in [0, 0.05) is 11.3 Å². The Kier molecular flexibility index (Phi) is 5.25. The van der Waals surface area contributed by atoms with Gasteiger partial charge in [-0.05, 0) is 36.4 Å². The minimum atomic E-state index is -4.64. The average molecular weight is 358 g/mol. The maximum absolute atomic E-state index is 12.1. The second-order valence-corrected chi connectivity index (χ2v) is 6.55. The minimum absolute atomic E-state index is 0.318. The second-order valence-electron chi connectivity index (χ2n) is 4.78. The molecular weight excluding hydrogens is 345 g/mol. The monoisotopic (exact) mass is 358 g/mol. The maximum Gasteiger partial charge on any atom is 0.402 e. The number of hydrogen-bond acceptors (Lipinski definition) is 3. The van der Waals surface area contributed by atoms with Crippen LogP contribution in [0.25, 0.3) is 0 Å². The number of sulfonamides is 1. The number of halogens is 3. The molecule has 2 aromatic carbocycles. The van der Waals surface area contributed by atoms with E-state index in [1.54, 1.807) is 30.3 Å². The normalized spacial score (nSPS) is 12.0. The zero-order valence-corrected chi connectivity index (χ0v) is 13.0. The van der Waals surface area contributed by atoms with Gasteiger partial charge >= 0.3 is 6.18 Å². The molecule has 0 saturated carbocycles. The van der Waals surface area contributed by atoms with Crippen LogP contribution in [0.1, 0.15) is 10.4 Å².